The molecular weight excluding hydrogens is 591 g/mol. The number of nitrogens with one attached hydrogen (secondary N) is 1. The Morgan fingerprint density at radius 1 is 1.19 bits per heavy atom. The molecule has 0 spiro atoms. The topological polar surface area (TPSA) is 93.5 Å². The molecule has 2 aromatic carbocycles. The van der Waals surface area contributed by atoms with E-state index in [1.54, 1.807) is 25.1 Å². The van der Waals surface area contributed by atoms with Gasteiger partial charge in [-0.05, 0) is 55.7 Å². The summed E-state index contributed by atoms with van der Waals surface area (Å²) in [5, 5.41) is 0.589. The van der Waals surface area contributed by atoms with E-state index in [1.807, 2.05) is 24.3 Å². The van der Waals surface area contributed by atoms with Crippen LogP contribution in [-0.2, 0) is 31.5 Å². The molecule has 1 saturated heterocycles. The third-order valence-electron chi connectivity index (χ3n) is 6.44. The highest BCUT2D eigenvalue weighted by molar-refractivity contribution is 9.10. The van der Waals surface area contributed by atoms with Gasteiger partial charge >= 0.3 is 0 Å². The summed E-state index contributed by atoms with van der Waals surface area (Å²) >= 11 is 15.9. The molecule has 2 atom stereocenters. The summed E-state index contributed by atoms with van der Waals surface area (Å²) in [7, 11) is -4.01. The molecule has 1 amide bonds. The fourth-order valence-electron chi connectivity index (χ4n) is 4.70. The zero-order valence-corrected chi connectivity index (χ0v) is 23.2. The third kappa shape index (κ3) is 4.70. The highest BCUT2D eigenvalue weighted by Crippen LogP contribution is 2.44. The van der Waals surface area contributed by atoms with Crippen molar-refractivity contribution in [1.82, 2.24) is 14.3 Å². The number of aromatic nitrogens is 2. The van der Waals surface area contributed by atoms with Crippen LogP contribution in [0.3, 0.4) is 0 Å². The summed E-state index contributed by atoms with van der Waals surface area (Å²) in [6.45, 7) is 2.48. The maximum Gasteiger partial charge on any atom is 0.260 e. The lowest BCUT2D eigenvalue weighted by molar-refractivity contribution is -0.124. The summed E-state index contributed by atoms with van der Waals surface area (Å²) < 4.78 is 37.5. The van der Waals surface area contributed by atoms with Crippen molar-refractivity contribution in [1.29, 1.82) is 0 Å². The fraction of sp³-hybridized carbons (Fsp3) is 0.333. The molecule has 2 aliphatic heterocycles. The lowest BCUT2D eigenvalue weighted by Gasteiger charge is -2.27. The first-order chi connectivity index (χ1) is 17.1. The number of hydrogen-bond donors (Lipinski definition) is 1. The number of sulfonamides is 1. The Kier molecular flexibility index (Phi) is 6.95. The lowest BCUT2D eigenvalue weighted by atomic mass is 9.92. The molecule has 36 heavy (non-hydrogen) atoms. The molecule has 12 heteroatoms. The molecule has 3 aromatic rings. The molecule has 1 aromatic heterocycles. The fourth-order valence-corrected chi connectivity index (χ4v) is 6.75. The van der Waals surface area contributed by atoms with Crippen LogP contribution in [0.25, 0.3) is 0 Å². The van der Waals surface area contributed by atoms with Gasteiger partial charge in [0.1, 0.15) is 5.54 Å². The van der Waals surface area contributed by atoms with E-state index in [0.29, 0.717) is 22.3 Å². The number of benzene rings is 2. The number of fused-ring (bicyclic) bond motifs is 1. The predicted molar refractivity (Wildman–Crippen MR) is 141 cm³/mol. The van der Waals surface area contributed by atoms with E-state index in [-0.39, 0.29) is 36.0 Å². The number of rotatable bonds is 7. The largest absolute Gasteiger partial charge is 0.377 e. The van der Waals surface area contributed by atoms with Crippen LogP contribution < -0.4 is 9.62 Å². The van der Waals surface area contributed by atoms with Gasteiger partial charge in [-0.2, -0.15) is 0 Å². The minimum atomic E-state index is -4.01. The Bertz CT molecular complexity index is 1400. The Morgan fingerprint density at radius 2 is 1.89 bits per heavy atom. The molecule has 0 aliphatic carbocycles. The molecule has 3 heterocycles. The van der Waals surface area contributed by atoms with Gasteiger partial charge in [-0.1, -0.05) is 51.3 Å². The van der Waals surface area contributed by atoms with Crippen LogP contribution >= 0.6 is 39.1 Å². The van der Waals surface area contributed by atoms with Gasteiger partial charge in [-0.3, -0.25) is 9.36 Å². The second-order valence-corrected chi connectivity index (χ2v) is 12.6. The zero-order chi connectivity index (χ0) is 25.7. The molecule has 8 nitrogen and oxygen atoms in total. The van der Waals surface area contributed by atoms with Crippen molar-refractivity contribution in [3.63, 3.8) is 0 Å². The molecular formula is C24H23BrCl2N4O4S. The zero-order valence-electron chi connectivity index (χ0n) is 19.2. The lowest BCUT2D eigenvalue weighted by Crippen LogP contribution is -2.43. The van der Waals surface area contributed by atoms with Crippen LogP contribution in [0.1, 0.15) is 25.3 Å². The normalized spacial score (nSPS) is 21.8. The maximum absolute atomic E-state index is 14.0. The quantitative estimate of drug-likeness (QED) is 0.403. The molecule has 0 radical (unpaired) electrons. The Morgan fingerprint density at radius 3 is 2.53 bits per heavy atom. The molecule has 0 bridgehead atoms. The van der Waals surface area contributed by atoms with E-state index in [0.717, 1.165) is 22.9 Å². The van der Waals surface area contributed by atoms with E-state index in [2.05, 4.69) is 25.6 Å². The smallest absolute Gasteiger partial charge is 0.260 e. The van der Waals surface area contributed by atoms with Crippen LogP contribution in [0, 0.1) is 0 Å². The number of ether oxygens (including phenoxy) is 1. The van der Waals surface area contributed by atoms with Crippen molar-refractivity contribution in [2.45, 2.75) is 42.9 Å². The molecule has 190 valence electrons. The molecule has 1 N–H and O–H groups in total. The summed E-state index contributed by atoms with van der Waals surface area (Å²) in [4.78, 5) is 19.8. The molecule has 2 aliphatic rings. The Labute approximate surface area is 227 Å². The van der Waals surface area contributed by atoms with E-state index >= 15 is 0 Å². The Hall–Kier alpha value is -1.95. The molecule has 0 saturated carbocycles. The molecule has 5 rings (SSSR count). The van der Waals surface area contributed by atoms with Crippen molar-refractivity contribution < 1.29 is 17.9 Å². The third-order valence-corrected chi connectivity index (χ3v) is 8.79. The van der Waals surface area contributed by atoms with Crippen molar-refractivity contribution >= 4 is 66.7 Å². The number of nitrogens with zero attached hydrogens (tertiary/aromatic N) is 3. The van der Waals surface area contributed by atoms with Crippen molar-refractivity contribution in [3.05, 3.63) is 68.7 Å². The minimum absolute atomic E-state index is 0.0981. The van der Waals surface area contributed by atoms with Crippen LogP contribution in [0.4, 0.5) is 11.6 Å². The van der Waals surface area contributed by atoms with Gasteiger partial charge in [0.2, 0.25) is 5.95 Å². The van der Waals surface area contributed by atoms with Gasteiger partial charge < -0.3 is 4.74 Å². The SMILES string of the molecule is C[C@@]1(Cc2ccc(Br)cc2)C(=O)N(c2cc(Cl)cc(Cl)c2)c2ncc(S(=O)(=O)NCC3CCCO3)n21. The predicted octanol–water partition coefficient (Wildman–Crippen LogP) is 5.05. The van der Waals surface area contributed by atoms with Crippen LogP contribution in [0.15, 0.2) is 58.2 Å². The number of halogens is 3. The monoisotopic (exact) mass is 612 g/mol. The standard InChI is InChI=1S/C24H23BrCl2N4O4S/c1-24(12-15-4-6-16(25)7-5-15)22(32)30(19-10-17(26)9-18(27)11-19)23-28-14-21(31(23)24)36(33,34)29-13-20-3-2-8-35-20/h4-7,9-11,14,20,29H,2-3,8,12-13H2,1H3/t20?,24-/m1/s1. The van der Waals surface area contributed by atoms with Gasteiger partial charge in [-0.25, -0.2) is 23.0 Å². The first-order valence-electron chi connectivity index (χ1n) is 11.3. The maximum atomic E-state index is 14.0. The van der Waals surface area contributed by atoms with Crippen LogP contribution in [-0.4, -0.2) is 43.1 Å². The van der Waals surface area contributed by atoms with Gasteiger partial charge in [0.15, 0.2) is 5.03 Å². The number of imidazole rings is 1. The number of hydrogen-bond acceptors (Lipinski definition) is 5. The average molecular weight is 614 g/mol. The van der Waals surface area contributed by atoms with Gasteiger partial charge in [0.25, 0.3) is 15.9 Å². The average Bonchev–Trinajstić information content (AvgIpc) is 3.53. The summed E-state index contributed by atoms with van der Waals surface area (Å²) in [5.41, 5.74) is -0.0296. The Balaban J connectivity index is 1.60. The van der Waals surface area contributed by atoms with Crippen molar-refractivity contribution in [2.24, 2.45) is 0 Å². The van der Waals surface area contributed by atoms with Crippen molar-refractivity contribution in [3.8, 4) is 0 Å². The summed E-state index contributed by atoms with van der Waals surface area (Å²) in [6.07, 6.45) is 3.02. The van der Waals surface area contributed by atoms with Crippen molar-refractivity contribution in [2.75, 3.05) is 18.1 Å². The van der Waals surface area contributed by atoms with E-state index < -0.39 is 15.6 Å². The van der Waals surface area contributed by atoms with E-state index in [1.165, 1.54) is 15.7 Å². The van der Waals surface area contributed by atoms with E-state index in [9.17, 15) is 13.2 Å². The minimum Gasteiger partial charge on any atom is -0.377 e. The number of anilines is 2. The summed E-state index contributed by atoms with van der Waals surface area (Å²) in [5.74, 6) is -0.169. The molecule has 1 unspecified atom stereocenters. The van der Waals surface area contributed by atoms with Crippen LogP contribution in [0.2, 0.25) is 10.0 Å². The first-order valence-corrected chi connectivity index (χ1v) is 14.4. The second kappa shape index (κ2) is 9.74. The highest BCUT2D eigenvalue weighted by Gasteiger charge is 2.51. The van der Waals surface area contributed by atoms with E-state index in [4.69, 9.17) is 27.9 Å². The number of carbonyl (C=O) groups is 1. The molecule has 1 fully saturated rings. The summed E-state index contributed by atoms with van der Waals surface area (Å²) in [6, 6.07) is 12.3. The van der Waals surface area contributed by atoms with Gasteiger partial charge in [0, 0.05) is 34.1 Å². The van der Waals surface area contributed by atoms with Gasteiger partial charge in [0.05, 0.1) is 18.0 Å². The second-order valence-electron chi connectivity index (χ2n) is 9.06. The van der Waals surface area contributed by atoms with Crippen LogP contribution in [0.5, 0.6) is 0 Å². The number of amides is 1. The first kappa shape index (κ1) is 25.7. The van der Waals surface area contributed by atoms with Gasteiger partial charge in [-0.15, -0.1) is 0 Å². The number of carbonyl (C=O) groups excluding carboxylic acids is 1. The highest BCUT2D eigenvalue weighted by atomic mass is 79.9.